The third-order valence-electron chi connectivity index (χ3n) is 4.74. The highest BCUT2D eigenvalue weighted by Crippen LogP contribution is 2.39. The van der Waals surface area contributed by atoms with Gasteiger partial charge in [-0.2, -0.15) is 4.31 Å². The maximum atomic E-state index is 14.3. The minimum Gasteiger partial charge on any atom is -0.478 e. The zero-order valence-corrected chi connectivity index (χ0v) is 12.9. The van der Waals surface area contributed by atoms with E-state index in [9.17, 15) is 17.6 Å². The molecule has 7 heteroatoms. The van der Waals surface area contributed by atoms with Gasteiger partial charge in [-0.05, 0) is 37.3 Å². The number of sulfonamides is 1. The molecule has 2 fully saturated rings. The Morgan fingerprint density at radius 3 is 2.45 bits per heavy atom. The third kappa shape index (κ3) is 2.42. The van der Waals surface area contributed by atoms with Crippen LogP contribution in [0.1, 0.15) is 42.5 Å². The second-order valence-electron chi connectivity index (χ2n) is 5.94. The van der Waals surface area contributed by atoms with Gasteiger partial charge >= 0.3 is 5.97 Å². The fourth-order valence-corrected chi connectivity index (χ4v) is 5.32. The Labute approximate surface area is 128 Å². The lowest BCUT2D eigenvalue weighted by Gasteiger charge is -2.43. The predicted molar refractivity (Wildman–Crippen MR) is 77.6 cm³/mol. The number of halogens is 1. The quantitative estimate of drug-likeness (QED) is 0.922. The number of carbonyl (C=O) groups is 1. The standard InChI is InChI=1S/C15H18FNO4S/c16-14-11(15(18)19)6-3-7-13(14)22(20,21)17-9-8-12(17)10-4-1-2-5-10/h3,6-7,10,12H,1-2,4-5,8-9H2,(H,18,19). The molecule has 1 aromatic carbocycles. The summed E-state index contributed by atoms with van der Waals surface area (Å²) >= 11 is 0. The van der Waals surface area contributed by atoms with Crippen molar-refractivity contribution < 1.29 is 22.7 Å². The van der Waals surface area contributed by atoms with E-state index in [4.69, 9.17) is 5.11 Å². The van der Waals surface area contributed by atoms with Crippen molar-refractivity contribution in [1.29, 1.82) is 0 Å². The second kappa shape index (κ2) is 5.62. The largest absolute Gasteiger partial charge is 0.478 e. The van der Waals surface area contributed by atoms with Crippen LogP contribution in [0.3, 0.4) is 0 Å². The van der Waals surface area contributed by atoms with Crippen LogP contribution in [0.4, 0.5) is 4.39 Å². The molecule has 0 aromatic heterocycles. The molecule has 5 nitrogen and oxygen atoms in total. The molecule has 1 aliphatic heterocycles. The van der Waals surface area contributed by atoms with E-state index in [-0.39, 0.29) is 6.04 Å². The average Bonchev–Trinajstić information content (AvgIpc) is 2.90. The first-order chi connectivity index (χ1) is 10.4. The van der Waals surface area contributed by atoms with Crippen molar-refractivity contribution in [2.75, 3.05) is 6.54 Å². The van der Waals surface area contributed by atoms with E-state index >= 15 is 0 Å². The number of hydrogen-bond acceptors (Lipinski definition) is 3. The SMILES string of the molecule is O=C(O)c1cccc(S(=O)(=O)N2CCC2C2CCCC2)c1F. The molecule has 1 aliphatic carbocycles. The van der Waals surface area contributed by atoms with Crippen LogP contribution in [0.2, 0.25) is 0 Å². The van der Waals surface area contributed by atoms with Crippen LogP contribution in [-0.4, -0.2) is 36.4 Å². The van der Waals surface area contributed by atoms with Crippen molar-refractivity contribution in [3.05, 3.63) is 29.6 Å². The predicted octanol–water partition coefficient (Wildman–Crippen LogP) is 2.48. The monoisotopic (exact) mass is 327 g/mol. The number of carboxylic acid groups (broad SMARTS) is 1. The van der Waals surface area contributed by atoms with Crippen LogP contribution in [0.15, 0.2) is 23.1 Å². The Kier molecular flexibility index (Phi) is 3.94. The summed E-state index contributed by atoms with van der Waals surface area (Å²) in [5.41, 5.74) is -0.612. The number of benzene rings is 1. The highest BCUT2D eigenvalue weighted by atomic mass is 32.2. The molecule has 120 valence electrons. The van der Waals surface area contributed by atoms with E-state index in [1.165, 1.54) is 10.4 Å². The zero-order valence-electron chi connectivity index (χ0n) is 12.0. The summed E-state index contributed by atoms with van der Waals surface area (Å²) in [6.07, 6.45) is 5.03. The number of nitrogens with zero attached hydrogens (tertiary/aromatic N) is 1. The zero-order chi connectivity index (χ0) is 15.9. The van der Waals surface area contributed by atoms with Gasteiger partial charge < -0.3 is 5.11 Å². The van der Waals surface area contributed by atoms with Gasteiger partial charge in [-0.25, -0.2) is 17.6 Å². The summed E-state index contributed by atoms with van der Waals surface area (Å²) in [4.78, 5) is 10.4. The first-order valence-corrected chi connectivity index (χ1v) is 8.90. The topological polar surface area (TPSA) is 74.7 Å². The molecule has 1 saturated heterocycles. The lowest BCUT2D eigenvalue weighted by molar-refractivity contribution is 0.0691. The van der Waals surface area contributed by atoms with Gasteiger partial charge in [0.1, 0.15) is 4.90 Å². The van der Waals surface area contributed by atoms with E-state index in [2.05, 4.69) is 0 Å². The molecule has 0 amide bonds. The van der Waals surface area contributed by atoms with E-state index in [1.54, 1.807) is 0 Å². The van der Waals surface area contributed by atoms with Crippen LogP contribution in [0.5, 0.6) is 0 Å². The van der Waals surface area contributed by atoms with Crippen molar-refractivity contribution in [3.63, 3.8) is 0 Å². The van der Waals surface area contributed by atoms with Crippen LogP contribution >= 0.6 is 0 Å². The Balaban J connectivity index is 1.93. The molecule has 1 saturated carbocycles. The summed E-state index contributed by atoms with van der Waals surface area (Å²) < 4.78 is 40.9. The first-order valence-electron chi connectivity index (χ1n) is 7.46. The molecule has 1 N–H and O–H groups in total. The molecule has 2 aliphatic rings. The number of aromatic carboxylic acids is 1. The molecule has 1 unspecified atom stereocenters. The lowest BCUT2D eigenvalue weighted by Crippen LogP contribution is -2.54. The Morgan fingerprint density at radius 2 is 1.91 bits per heavy atom. The lowest BCUT2D eigenvalue weighted by atomic mass is 9.90. The molecule has 1 aromatic rings. The number of rotatable bonds is 4. The summed E-state index contributed by atoms with van der Waals surface area (Å²) in [5, 5.41) is 8.94. The maximum Gasteiger partial charge on any atom is 0.338 e. The van der Waals surface area contributed by atoms with Crippen molar-refractivity contribution in [3.8, 4) is 0 Å². The van der Waals surface area contributed by atoms with Crippen LogP contribution in [0, 0.1) is 11.7 Å². The Hall–Kier alpha value is -1.47. The molecular formula is C15H18FNO4S. The summed E-state index contributed by atoms with van der Waals surface area (Å²) in [6.45, 7) is 0.375. The molecule has 1 atom stereocenters. The van der Waals surface area contributed by atoms with E-state index in [0.29, 0.717) is 12.5 Å². The first kappa shape index (κ1) is 15.4. The minimum atomic E-state index is -3.98. The van der Waals surface area contributed by atoms with Gasteiger partial charge in [-0.3, -0.25) is 0 Å². The molecule has 22 heavy (non-hydrogen) atoms. The van der Waals surface area contributed by atoms with Crippen LogP contribution in [-0.2, 0) is 10.0 Å². The summed E-state index contributed by atoms with van der Waals surface area (Å²) in [6, 6.07) is 3.41. The van der Waals surface area contributed by atoms with Gasteiger partial charge in [0.2, 0.25) is 10.0 Å². The second-order valence-corrected chi connectivity index (χ2v) is 7.80. The third-order valence-corrected chi connectivity index (χ3v) is 6.68. The molecule has 0 radical (unpaired) electrons. The molecular weight excluding hydrogens is 309 g/mol. The smallest absolute Gasteiger partial charge is 0.338 e. The minimum absolute atomic E-state index is 0.0691. The summed E-state index contributed by atoms with van der Waals surface area (Å²) in [7, 11) is -3.98. The van der Waals surface area contributed by atoms with Gasteiger partial charge in [-0.15, -0.1) is 0 Å². The van der Waals surface area contributed by atoms with Gasteiger partial charge in [0.05, 0.1) is 5.56 Å². The average molecular weight is 327 g/mol. The van der Waals surface area contributed by atoms with Gasteiger partial charge in [0.15, 0.2) is 5.82 Å². The highest BCUT2D eigenvalue weighted by Gasteiger charge is 2.44. The molecule has 1 heterocycles. The molecule has 3 rings (SSSR count). The van der Waals surface area contributed by atoms with E-state index in [0.717, 1.165) is 44.2 Å². The Morgan fingerprint density at radius 1 is 1.23 bits per heavy atom. The molecule has 0 bridgehead atoms. The molecule has 0 spiro atoms. The number of hydrogen-bond donors (Lipinski definition) is 1. The Bertz CT molecular complexity index is 697. The van der Waals surface area contributed by atoms with Crippen molar-refractivity contribution in [2.24, 2.45) is 5.92 Å². The number of carboxylic acids is 1. The fraction of sp³-hybridized carbons (Fsp3) is 0.533. The summed E-state index contributed by atoms with van der Waals surface area (Å²) in [5.74, 6) is -2.30. The van der Waals surface area contributed by atoms with Gasteiger partial charge in [-0.1, -0.05) is 18.9 Å². The van der Waals surface area contributed by atoms with Crippen molar-refractivity contribution in [2.45, 2.75) is 43.0 Å². The van der Waals surface area contributed by atoms with Gasteiger partial charge in [0, 0.05) is 12.6 Å². The van der Waals surface area contributed by atoms with Gasteiger partial charge in [0.25, 0.3) is 0 Å². The fourth-order valence-electron chi connectivity index (χ4n) is 3.50. The maximum absolute atomic E-state index is 14.3. The van der Waals surface area contributed by atoms with Crippen molar-refractivity contribution >= 4 is 16.0 Å². The van der Waals surface area contributed by atoms with Crippen LogP contribution in [0.25, 0.3) is 0 Å². The van der Waals surface area contributed by atoms with E-state index in [1.807, 2.05) is 0 Å². The van der Waals surface area contributed by atoms with Crippen molar-refractivity contribution in [1.82, 2.24) is 4.31 Å². The van der Waals surface area contributed by atoms with E-state index < -0.39 is 32.3 Å². The van der Waals surface area contributed by atoms with Crippen LogP contribution < -0.4 is 0 Å². The highest BCUT2D eigenvalue weighted by molar-refractivity contribution is 7.89. The normalized spacial score (nSPS) is 23.4.